The summed E-state index contributed by atoms with van der Waals surface area (Å²) in [6.07, 6.45) is 0. The maximum Gasteiger partial charge on any atom is 0.123 e. The molecule has 0 amide bonds. The van der Waals surface area contributed by atoms with Crippen LogP contribution >= 0.6 is 0 Å². The average molecular weight is 687 g/mol. The molecule has 7 aromatic carbocycles. The molecule has 10 rings (SSSR count). The molecule has 0 N–H and O–H groups in total. The van der Waals surface area contributed by atoms with E-state index in [2.05, 4.69) is 177 Å². The molecule has 0 aliphatic heterocycles. The summed E-state index contributed by atoms with van der Waals surface area (Å²) in [6, 6.07) is 57.6. The van der Waals surface area contributed by atoms with E-state index in [1.165, 1.54) is 56.7 Å². The highest BCUT2D eigenvalue weighted by Crippen LogP contribution is 2.63. The number of nitrogens with zero attached hydrogens (tertiary/aromatic N) is 2. The molecule has 0 bridgehead atoms. The number of hydrogen-bond donors (Lipinski definition) is 0. The molecular weight excluding hydrogens is 648 g/mol. The number of hydrogen-bond acceptors (Lipinski definition) is 1. The molecule has 1 heterocycles. The van der Waals surface area contributed by atoms with Gasteiger partial charge in [0, 0.05) is 44.4 Å². The molecule has 3 heteroatoms. The third-order valence-electron chi connectivity index (χ3n) is 11.8. The zero-order valence-corrected chi connectivity index (χ0v) is 30.4. The molecule has 1 aromatic heterocycles. The van der Waals surface area contributed by atoms with Gasteiger partial charge in [-0.15, -0.1) is 0 Å². The minimum atomic E-state index is -0.239. The zero-order chi connectivity index (χ0) is 36.1. The molecule has 0 saturated heterocycles. The predicted molar refractivity (Wildman–Crippen MR) is 220 cm³/mol. The summed E-state index contributed by atoms with van der Waals surface area (Å²) in [6.45, 7) is 9.55. The first-order chi connectivity index (χ1) is 25.7. The van der Waals surface area contributed by atoms with Crippen molar-refractivity contribution in [3.05, 3.63) is 192 Å². The third kappa shape index (κ3) is 4.63. The molecule has 0 unspecified atom stereocenters. The number of halogens is 1. The molecular formula is C50H39FN2. The monoisotopic (exact) mass is 686 g/mol. The number of rotatable bonds is 5. The van der Waals surface area contributed by atoms with Crippen LogP contribution in [0.25, 0.3) is 49.8 Å². The van der Waals surface area contributed by atoms with Crippen LogP contribution in [0.1, 0.15) is 49.9 Å². The van der Waals surface area contributed by atoms with Gasteiger partial charge in [-0.05, 0) is 117 Å². The predicted octanol–water partition coefficient (Wildman–Crippen LogP) is 13.6. The van der Waals surface area contributed by atoms with Gasteiger partial charge in [0.25, 0.3) is 0 Å². The normalized spacial score (nSPS) is 15.1. The molecule has 8 aromatic rings. The number of fused-ring (bicyclic) bond motifs is 7. The Morgan fingerprint density at radius 2 is 1.02 bits per heavy atom. The van der Waals surface area contributed by atoms with Crippen molar-refractivity contribution < 1.29 is 4.39 Å². The van der Waals surface area contributed by atoms with E-state index in [4.69, 9.17) is 0 Å². The van der Waals surface area contributed by atoms with Gasteiger partial charge in [-0.3, -0.25) is 0 Å². The minimum absolute atomic E-state index is 0.0767. The smallest absolute Gasteiger partial charge is 0.123 e. The van der Waals surface area contributed by atoms with Gasteiger partial charge >= 0.3 is 0 Å². The SMILES string of the molecule is CC1(C)C2=C(c3ccccc31)C(C)(C)c1cc(N(c3ccc(-c4ccccc4)cc3)c3ccc4c(c3)c3ccccc3n4-c3ccc(F)cc3)ccc12. The standard InChI is InChI=1S/C50H39FN2/c1-49(2)43-16-10-8-15-40(43)47-48(49)41-28-26-38(31-44(41)50(47,3)4)52(35-22-18-33(19-23-35)32-12-6-5-7-13-32)37-27-29-46-42(30-37)39-14-9-11-17-45(39)53(46)36-24-20-34(51)21-25-36/h5-31H,1-4H3. The molecule has 0 atom stereocenters. The van der Waals surface area contributed by atoms with Gasteiger partial charge in [-0.2, -0.15) is 0 Å². The molecule has 0 spiro atoms. The number of anilines is 3. The van der Waals surface area contributed by atoms with Gasteiger partial charge in [0.2, 0.25) is 0 Å². The topological polar surface area (TPSA) is 8.17 Å². The van der Waals surface area contributed by atoms with Crippen molar-refractivity contribution in [3.63, 3.8) is 0 Å². The Labute approximate surface area is 310 Å². The summed E-state index contributed by atoms with van der Waals surface area (Å²) in [5, 5.41) is 2.30. The number of aromatic nitrogens is 1. The maximum atomic E-state index is 14.0. The highest BCUT2D eigenvalue weighted by Gasteiger charge is 2.49. The van der Waals surface area contributed by atoms with Crippen LogP contribution in [-0.2, 0) is 10.8 Å². The van der Waals surface area contributed by atoms with Crippen LogP contribution in [0.2, 0.25) is 0 Å². The Balaban J connectivity index is 1.16. The second kappa shape index (κ2) is 11.4. The van der Waals surface area contributed by atoms with E-state index in [0.717, 1.165) is 44.6 Å². The van der Waals surface area contributed by atoms with Crippen LogP contribution in [0.5, 0.6) is 0 Å². The van der Waals surface area contributed by atoms with Crippen LogP contribution in [0, 0.1) is 5.82 Å². The van der Waals surface area contributed by atoms with Crippen LogP contribution in [0.15, 0.2) is 164 Å². The molecule has 256 valence electrons. The number of allylic oxidation sites excluding steroid dienone is 2. The van der Waals surface area contributed by atoms with Crippen LogP contribution in [0.4, 0.5) is 21.5 Å². The molecule has 0 saturated carbocycles. The summed E-state index contributed by atoms with van der Waals surface area (Å²) in [5.41, 5.74) is 17.0. The van der Waals surface area contributed by atoms with Crippen molar-refractivity contribution in [3.8, 4) is 16.8 Å². The summed E-state index contributed by atoms with van der Waals surface area (Å²) in [4.78, 5) is 2.40. The number of benzene rings is 7. The van der Waals surface area contributed by atoms with Gasteiger partial charge in [0.15, 0.2) is 0 Å². The Morgan fingerprint density at radius 1 is 0.453 bits per heavy atom. The fourth-order valence-corrected chi connectivity index (χ4v) is 9.34. The second-order valence-corrected chi connectivity index (χ2v) is 15.6. The first-order valence-corrected chi connectivity index (χ1v) is 18.5. The molecule has 2 nitrogen and oxygen atoms in total. The minimum Gasteiger partial charge on any atom is -0.310 e. The molecule has 2 aliphatic rings. The molecule has 2 aliphatic carbocycles. The summed E-state index contributed by atoms with van der Waals surface area (Å²) in [5.74, 6) is -0.239. The van der Waals surface area contributed by atoms with Crippen molar-refractivity contribution in [2.45, 2.75) is 38.5 Å². The summed E-state index contributed by atoms with van der Waals surface area (Å²) >= 11 is 0. The third-order valence-corrected chi connectivity index (χ3v) is 11.8. The van der Waals surface area contributed by atoms with E-state index < -0.39 is 0 Å². The van der Waals surface area contributed by atoms with Gasteiger partial charge in [-0.1, -0.05) is 119 Å². The Hall–Kier alpha value is -6.19. The van der Waals surface area contributed by atoms with Gasteiger partial charge in [0.1, 0.15) is 5.82 Å². The van der Waals surface area contributed by atoms with Crippen molar-refractivity contribution in [2.24, 2.45) is 0 Å². The number of para-hydroxylation sites is 1. The van der Waals surface area contributed by atoms with E-state index in [1.807, 2.05) is 12.1 Å². The largest absolute Gasteiger partial charge is 0.310 e. The van der Waals surface area contributed by atoms with E-state index in [9.17, 15) is 4.39 Å². The van der Waals surface area contributed by atoms with Crippen molar-refractivity contribution in [1.29, 1.82) is 0 Å². The van der Waals surface area contributed by atoms with Crippen molar-refractivity contribution in [2.75, 3.05) is 4.90 Å². The van der Waals surface area contributed by atoms with Crippen LogP contribution in [0.3, 0.4) is 0 Å². The highest BCUT2D eigenvalue weighted by molar-refractivity contribution is 6.12. The van der Waals surface area contributed by atoms with E-state index in [-0.39, 0.29) is 16.6 Å². The van der Waals surface area contributed by atoms with Crippen molar-refractivity contribution in [1.82, 2.24) is 4.57 Å². The second-order valence-electron chi connectivity index (χ2n) is 15.6. The van der Waals surface area contributed by atoms with E-state index in [0.29, 0.717) is 0 Å². The molecule has 0 radical (unpaired) electrons. The van der Waals surface area contributed by atoms with E-state index in [1.54, 1.807) is 0 Å². The Kier molecular flexibility index (Phi) is 6.79. The average Bonchev–Trinajstić information content (AvgIpc) is 3.74. The van der Waals surface area contributed by atoms with E-state index >= 15 is 0 Å². The highest BCUT2D eigenvalue weighted by atomic mass is 19.1. The fourth-order valence-electron chi connectivity index (χ4n) is 9.34. The lowest BCUT2D eigenvalue weighted by Crippen LogP contribution is -2.20. The lowest BCUT2D eigenvalue weighted by Gasteiger charge is -2.31. The summed E-state index contributed by atoms with van der Waals surface area (Å²) < 4.78 is 16.3. The van der Waals surface area contributed by atoms with Gasteiger partial charge < -0.3 is 9.47 Å². The molecule has 0 fully saturated rings. The van der Waals surface area contributed by atoms with Crippen LogP contribution in [-0.4, -0.2) is 4.57 Å². The lowest BCUT2D eigenvalue weighted by atomic mass is 9.76. The lowest BCUT2D eigenvalue weighted by molar-refractivity contribution is 0.627. The first-order valence-electron chi connectivity index (χ1n) is 18.5. The van der Waals surface area contributed by atoms with Gasteiger partial charge in [-0.25, -0.2) is 4.39 Å². The quantitative estimate of drug-likeness (QED) is 0.175. The summed E-state index contributed by atoms with van der Waals surface area (Å²) in [7, 11) is 0. The van der Waals surface area contributed by atoms with Crippen molar-refractivity contribution >= 4 is 50.0 Å². The van der Waals surface area contributed by atoms with Gasteiger partial charge in [0.05, 0.1) is 11.0 Å². The first kappa shape index (κ1) is 31.5. The Bertz CT molecular complexity index is 2770. The fraction of sp³-hybridized carbons (Fsp3) is 0.120. The Morgan fingerprint density at radius 3 is 1.79 bits per heavy atom. The van der Waals surface area contributed by atoms with Crippen LogP contribution < -0.4 is 4.90 Å². The maximum absolute atomic E-state index is 14.0. The zero-order valence-electron chi connectivity index (χ0n) is 30.4. The molecule has 53 heavy (non-hydrogen) atoms.